The van der Waals surface area contributed by atoms with Gasteiger partial charge in [-0.15, -0.1) is 0 Å². The molecular weight excluding hydrogens is 224 g/mol. The molecule has 0 fully saturated rings. The summed E-state index contributed by atoms with van der Waals surface area (Å²) in [6, 6.07) is 5.13. The van der Waals surface area contributed by atoms with E-state index in [4.69, 9.17) is 0 Å². The number of rotatable bonds is 4. The molecule has 0 saturated heterocycles. The molecule has 1 aliphatic rings. The maximum absolute atomic E-state index is 12.2. The van der Waals surface area contributed by atoms with E-state index in [1.807, 2.05) is 6.07 Å². The molecule has 0 radical (unpaired) electrons. The highest BCUT2D eigenvalue weighted by Gasteiger charge is 2.33. The zero-order valence-electron chi connectivity index (χ0n) is 10.1. The lowest BCUT2D eigenvalue weighted by atomic mass is 9.80. The Kier molecular flexibility index (Phi) is 3.22. The maximum Gasteiger partial charge on any atom is 0.387 e. The van der Waals surface area contributed by atoms with Crippen LogP contribution in [0.3, 0.4) is 0 Å². The molecule has 0 amide bonds. The van der Waals surface area contributed by atoms with E-state index < -0.39 is 6.61 Å². The number of fused-ring (bicyclic) bond motifs is 1. The lowest BCUT2D eigenvalue weighted by Gasteiger charge is -2.23. The molecule has 1 aromatic rings. The summed E-state index contributed by atoms with van der Waals surface area (Å²) in [6.45, 7) is 2.37. The van der Waals surface area contributed by atoms with Gasteiger partial charge in [0.15, 0.2) is 0 Å². The van der Waals surface area contributed by atoms with E-state index in [-0.39, 0.29) is 11.2 Å². The second-order valence-corrected chi connectivity index (χ2v) is 4.75. The summed E-state index contributed by atoms with van der Waals surface area (Å²) in [6.07, 6.45) is 2.10. The Balaban J connectivity index is 2.30. The maximum atomic E-state index is 12.2. The Bertz CT molecular complexity index is 404. The number of benzene rings is 1. The van der Waals surface area contributed by atoms with Crippen molar-refractivity contribution in [2.75, 3.05) is 11.9 Å². The first-order chi connectivity index (χ1) is 8.05. The van der Waals surface area contributed by atoms with Crippen molar-refractivity contribution in [2.24, 2.45) is 0 Å². The van der Waals surface area contributed by atoms with E-state index >= 15 is 0 Å². The molecular formula is C13H17F2NO. The van der Waals surface area contributed by atoms with Crippen LogP contribution in [0.2, 0.25) is 0 Å². The van der Waals surface area contributed by atoms with Gasteiger partial charge in [0.2, 0.25) is 0 Å². The summed E-state index contributed by atoms with van der Waals surface area (Å²) in [4.78, 5) is 0. The Morgan fingerprint density at radius 3 is 2.88 bits per heavy atom. The van der Waals surface area contributed by atoms with Gasteiger partial charge in [-0.3, -0.25) is 0 Å². The van der Waals surface area contributed by atoms with Gasteiger partial charge in [-0.05, 0) is 30.2 Å². The molecule has 1 N–H and O–H groups in total. The van der Waals surface area contributed by atoms with Crippen LogP contribution in [0.15, 0.2) is 18.2 Å². The standard InChI is InChI=1S/C13H17F2NO/c1-3-6-13(2)8-16-11-5-4-9(7-10(11)13)17-12(14)15/h4-5,7,12,16H,3,6,8H2,1-2H3. The van der Waals surface area contributed by atoms with Crippen molar-refractivity contribution in [1.29, 1.82) is 0 Å². The minimum absolute atomic E-state index is 0.0194. The quantitative estimate of drug-likeness (QED) is 0.866. The number of hydrogen-bond acceptors (Lipinski definition) is 2. The molecule has 1 aromatic carbocycles. The van der Waals surface area contributed by atoms with E-state index in [0.29, 0.717) is 0 Å². The Hall–Kier alpha value is -1.32. The van der Waals surface area contributed by atoms with Crippen LogP contribution in [-0.2, 0) is 5.41 Å². The molecule has 1 aliphatic heterocycles. The molecule has 17 heavy (non-hydrogen) atoms. The first-order valence-electron chi connectivity index (χ1n) is 5.88. The van der Waals surface area contributed by atoms with Gasteiger partial charge in [0.05, 0.1) is 0 Å². The highest BCUT2D eigenvalue weighted by atomic mass is 19.3. The predicted octanol–water partition coefficient (Wildman–Crippen LogP) is 3.77. The molecule has 0 saturated carbocycles. The number of hydrogen-bond donors (Lipinski definition) is 1. The van der Waals surface area contributed by atoms with Crippen LogP contribution in [0.4, 0.5) is 14.5 Å². The van der Waals surface area contributed by atoms with Crippen LogP contribution < -0.4 is 10.1 Å². The third-order valence-electron chi connectivity index (χ3n) is 3.34. The third kappa shape index (κ3) is 2.35. The number of anilines is 1. The summed E-state index contributed by atoms with van der Waals surface area (Å²) in [5.74, 6) is 0.241. The zero-order chi connectivity index (χ0) is 12.5. The molecule has 0 aromatic heterocycles. The Labute approximate surface area is 100.0 Å². The molecule has 0 spiro atoms. The molecule has 4 heteroatoms. The van der Waals surface area contributed by atoms with Crippen molar-refractivity contribution < 1.29 is 13.5 Å². The van der Waals surface area contributed by atoms with E-state index in [9.17, 15) is 8.78 Å². The lowest BCUT2D eigenvalue weighted by Crippen LogP contribution is -2.23. The highest BCUT2D eigenvalue weighted by molar-refractivity contribution is 5.62. The topological polar surface area (TPSA) is 21.3 Å². The molecule has 1 heterocycles. The van der Waals surface area contributed by atoms with Crippen LogP contribution in [0.5, 0.6) is 5.75 Å². The number of nitrogens with one attached hydrogen (secondary N) is 1. The van der Waals surface area contributed by atoms with Gasteiger partial charge in [-0.25, -0.2) is 0 Å². The van der Waals surface area contributed by atoms with Crippen LogP contribution in [0.1, 0.15) is 32.3 Å². The number of ether oxygens (including phenoxy) is 1. The number of alkyl halides is 2. The Morgan fingerprint density at radius 2 is 2.24 bits per heavy atom. The number of halogens is 2. The van der Waals surface area contributed by atoms with Crippen molar-refractivity contribution in [3.05, 3.63) is 23.8 Å². The summed E-state index contributed by atoms with van der Waals surface area (Å²) < 4.78 is 28.8. The minimum atomic E-state index is -2.76. The molecule has 1 unspecified atom stereocenters. The molecule has 0 aliphatic carbocycles. The van der Waals surface area contributed by atoms with Gasteiger partial charge in [-0.2, -0.15) is 8.78 Å². The van der Waals surface area contributed by atoms with Crippen LogP contribution in [0.25, 0.3) is 0 Å². The zero-order valence-corrected chi connectivity index (χ0v) is 10.1. The highest BCUT2D eigenvalue weighted by Crippen LogP contribution is 2.41. The summed E-state index contributed by atoms with van der Waals surface area (Å²) in [7, 11) is 0. The van der Waals surface area contributed by atoms with Crippen molar-refractivity contribution in [3.63, 3.8) is 0 Å². The van der Waals surface area contributed by atoms with Gasteiger partial charge >= 0.3 is 6.61 Å². The fourth-order valence-corrected chi connectivity index (χ4v) is 2.51. The molecule has 2 rings (SSSR count). The Morgan fingerprint density at radius 1 is 1.47 bits per heavy atom. The van der Waals surface area contributed by atoms with Crippen molar-refractivity contribution in [2.45, 2.75) is 38.7 Å². The van der Waals surface area contributed by atoms with Crippen molar-refractivity contribution >= 4 is 5.69 Å². The van der Waals surface area contributed by atoms with Gasteiger partial charge < -0.3 is 10.1 Å². The molecule has 94 valence electrons. The van der Waals surface area contributed by atoms with E-state index in [1.165, 1.54) is 0 Å². The van der Waals surface area contributed by atoms with E-state index in [0.717, 1.165) is 30.6 Å². The van der Waals surface area contributed by atoms with Gasteiger partial charge in [0, 0.05) is 17.6 Å². The van der Waals surface area contributed by atoms with E-state index in [2.05, 4.69) is 23.9 Å². The second kappa shape index (κ2) is 4.51. The van der Waals surface area contributed by atoms with Gasteiger partial charge in [0.25, 0.3) is 0 Å². The monoisotopic (exact) mass is 241 g/mol. The summed E-state index contributed by atoms with van der Waals surface area (Å²) in [5, 5.41) is 3.31. The van der Waals surface area contributed by atoms with Crippen molar-refractivity contribution in [3.8, 4) is 5.75 Å². The van der Waals surface area contributed by atoms with Gasteiger partial charge in [0.1, 0.15) is 5.75 Å². The minimum Gasteiger partial charge on any atom is -0.435 e. The predicted molar refractivity (Wildman–Crippen MR) is 63.8 cm³/mol. The largest absolute Gasteiger partial charge is 0.435 e. The van der Waals surface area contributed by atoms with Crippen LogP contribution >= 0.6 is 0 Å². The first kappa shape index (κ1) is 12.1. The summed E-state index contributed by atoms with van der Waals surface area (Å²) >= 11 is 0. The first-order valence-corrected chi connectivity index (χ1v) is 5.88. The third-order valence-corrected chi connectivity index (χ3v) is 3.34. The van der Waals surface area contributed by atoms with Crippen LogP contribution in [0, 0.1) is 0 Å². The second-order valence-electron chi connectivity index (χ2n) is 4.75. The fraction of sp³-hybridized carbons (Fsp3) is 0.538. The summed E-state index contributed by atoms with van der Waals surface area (Å²) in [5.41, 5.74) is 2.13. The smallest absolute Gasteiger partial charge is 0.387 e. The lowest BCUT2D eigenvalue weighted by molar-refractivity contribution is -0.0499. The van der Waals surface area contributed by atoms with Gasteiger partial charge in [-0.1, -0.05) is 20.3 Å². The molecule has 1 atom stereocenters. The SMILES string of the molecule is CCCC1(C)CNc2ccc(OC(F)F)cc21. The van der Waals surface area contributed by atoms with Crippen molar-refractivity contribution in [1.82, 2.24) is 0 Å². The van der Waals surface area contributed by atoms with Crippen LogP contribution in [-0.4, -0.2) is 13.2 Å². The fourth-order valence-electron chi connectivity index (χ4n) is 2.51. The average Bonchev–Trinajstić information content (AvgIpc) is 2.56. The normalized spacial score (nSPS) is 22.4. The molecule has 2 nitrogen and oxygen atoms in total. The molecule has 0 bridgehead atoms. The average molecular weight is 241 g/mol. The van der Waals surface area contributed by atoms with E-state index in [1.54, 1.807) is 12.1 Å².